The molecule has 3 nitrogen and oxygen atoms in total. The minimum Gasteiger partial charge on any atom is -0.357 e. The molecule has 62 valence electrons. The van der Waals surface area contributed by atoms with Crippen LogP contribution in [0.5, 0.6) is 0 Å². The van der Waals surface area contributed by atoms with Crippen LogP contribution in [0.15, 0.2) is 5.38 Å². The van der Waals surface area contributed by atoms with Gasteiger partial charge in [0.15, 0.2) is 5.82 Å². The monoisotopic (exact) mass is 171 g/mol. The maximum absolute atomic E-state index is 3.96. The smallest absolute Gasteiger partial charge is 0.163 e. The first-order chi connectivity index (χ1) is 5.34. The summed E-state index contributed by atoms with van der Waals surface area (Å²) in [5.74, 6) is 0.989. The summed E-state index contributed by atoms with van der Waals surface area (Å²) >= 11 is 1.40. The van der Waals surface area contributed by atoms with Gasteiger partial charge >= 0.3 is 0 Å². The van der Waals surface area contributed by atoms with Crippen LogP contribution in [-0.4, -0.2) is 23.2 Å². The summed E-state index contributed by atoms with van der Waals surface area (Å²) in [4.78, 5) is 2.13. The fourth-order valence-electron chi connectivity index (χ4n) is 0.836. The van der Waals surface area contributed by atoms with E-state index in [-0.39, 0.29) is 0 Å². The predicted molar refractivity (Wildman–Crippen MR) is 48.1 cm³/mol. The van der Waals surface area contributed by atoms with Gasteiger partial charge < -0.3 is 4.90 Å². The first kappa shape index (κ1) is 8.46. The highest BCUT2D eigenvalue weighted by atomic mass is 32.1. The largest absolute Gasteiger partial charge is 0.357 e. The Morgan fingerprint density at radius 2 is 2.45 bits per heavy atom. The zero-order valence-electron chi connectivity index (χ0n) is 6.95. The van der Waals surface area contributed by atoms with Crippen LogP contribution < -0.4 is 4.90 Å². The van der Waals surface area contributed by atoms with Crippen molar-refractivity contribution >= 4 is 17.4 Å². The number of rotatable bonds is 4. The van der Waals surface area contributed by atoms with Gasteiger partial charge in [0.05, 0.1) is 5.38 Å². The maximum Gasteiger partial charge on any atom is 0.163 e. The van der Waals surface area contributed by atoms with Crippen molar-refractivity contribution < 1.29 is 0 Å². The zero-order valence-corrected chi connectivity index (χ0v) is 7.77. The van der Waals surface area contributed by atoms with Gasteiger partial charge in [-0.25, -0.2) is 0 Å². The normalized spacial score (nSPS) is 10.0. The summed E-state index contributed by atoms with van der Waals surface area (Å²) in [5.41, 5.74) is 0. The first-order valence-electron chi connectivity index (χ1n) is 3.82. The van der Waals surface area contributed by atoms with Gasteiger partial charge in [0.2, 0.25) is 0 Å². The number of hydrogen-bond donors (Lipinski definition) is 0. The van der Waals surface area contributed by atoms with Crippen molar-refractivity contribution in [3.8, 4) is 0 Å². The minimum absolute atomic E-state index is 0.989. The van der Waals surface area contributed by atoms with Gasteiger partial charge in [-0.05, 0) is 18.0 Å². The lowest BCUT2D eigenvalue weighted by Crippen LogP contribution is -2.18. The number of unbranched alkanes of at least 4 members (excludes halogenated alkanes) is 1. The fourth-order valence-corrected chi connectivity index (χ4v) is 1.34. The molecule has 0 bridgehead atoms. The molecule has 0 aliphatic rings. The number of hydrogen-bond acceptors (Lipinski definition) is 4. The van der Waals surface area contributed by atoms with E-state index in [4.69, 9.17) is 0 Å². The van der Waals surface area contributed by atoms with Crippen LogP contribution in [0.2, 0.25) is 0 Å². The van der Waals surface area contributed by atoms with E-state index >= 15 is 0 Å². The molecule has 1 aromatic heterocycles. The lowest BCUT2D eigenvalue weighted by molar-refractivity contribution is 0.758. The summed E-state index contributed by atoms with van der Waals surface area (Å²) in [5, 5.41) is 5.93. The van der Waals surface area contributed by atoms with Crippen LogP contribution in [0.25, 0.3) is 0 Å². The summed E-state index contributed by atoms with van der Waals surface area (Å²) in [6.45, 7) is 3.26. The van der Waals surface area contributed by atoms with Crippen molar-refractivity contribution in [1.82, 2.24) is 9.59 Å². The molecule has 0 amide bonds. The molecule has 1 aromatic rings. The molecule has 11 heavy (non-hydrogen) atoms. The molecule has 0 atom stereocenters. The Bertz CT molecular complexity index is 186. The Labute approximate surface area is 71.2 Å². The van der Waals surface area contributed by atoms with E-state index in [2.05, 4.69) is 21.4 Å². The first-order valence-corrected chi connectivity index (χ1v) is 4.66. The SMILES string of the molecule is CCCCN(C)c1csnn1. The van der Waals surface area contributed by atoms with Crippen LogP contribution in [-0.2, 0) is 0 Å². The average Bonchev–Trinajstić information content (AvgIpc) is 2.52. The Hall–Kier alpha value is -0.640. The number of anilines is 1. The highest BCUT2D eigenvalue weighted by Gasteiger charge is 2.01. The van der Waals surface area contributed by atoms with Crippen LogP contribution in [0.4, 0.5) is 5.82 Å². The number of nitrogens with zero attached hydrogens (tertiary/aromatic N) is 3. The summed E-state index contributed by atoms with van der Waals surface area (Å²) in [7, 11) is 2.05. The minimum atomic E-state index is 0.989. The molecule has 0 aliphatic carbocycles. The van der Waals surface area contributed by atoms with Gasteiger partial charge in [-0.1, -0.05) is 17.8 Å². The molecule has 1 rings (SSSR count). The lowest BCUT2D eigenvalue weighted by atomic mass is 10.3. The Kier molecular flexibility index (Phi) is 3.29. The third-order valence-electron chi connectivity index (χ3n) is 1.59. The van der Waals surface area contributed by atoms with Crippen LogP contribution in [0.3, 0.4) is 0 Å². The molecule has 0 fully saturated rings. The van der Waals surface area contributed by atoms with Gasteiger partial charge in [-0.2, -0.15) is 0 Å². The lowest BCUT2D eigenvalue weighted by Gasteiger charge is -2.13. The van der Waals surface area contributed by atoms with Crippen molar-refractivity contribution in [2.45, 2.75) is 19.8 Å². The Morgan fingerprint density at radius 1 is 1.64 bits per heavy atom. The second-order valence-electron chi connectivity index (χ2n) is 2.54. The van der Waals surface area contributed by atoms with Crippen molar-refractivity contribution in [3.05, 3.63) is 5.38 Å². The summed E-state index contributed by atoms with van der Waals surface area (Å²) < 4.78 is 3.80. The molecule has 4 heteroatoms. The van der Waals surface area contributed by atoms with Gasteiger partial charge in [0.1, 0.15) is 0 Å². The molecule has 0 unspecified atom stereocenters. The van der Waals surface area contributed by atoms with E-state index in [1.807, 2.05) is 12.4 Å². The fraction of sp³-hybridized carbons (Fsp3) is 0.714. The summed E-state index contributed by atoms with van der Waals surface area (Å²) in [6, 6.07) is 0. The molecule has 0 radical (unpaired) electrons. The predicted octanol–water partition coefficient (Wildman–Crippen LogP) is 1.77. The quantitative estimate of drug-likeness (QED) is 0.691. The molecular weight excluding hydrogens is 158 g/mol. The standard InChI is InChI=1S/C7H13N3S/c1-3-4-5-10(2)7-6-11-9-8-7/h6H,3-5H2,1-2H3. The summed E-state index contributed by atoms with van der Waals surface area (Å²) in [6.07, 6.45) is 2.44. The third-order valence-corrected chi connectivity index (χ3v) is 2.08. The van der Waals surface area contributed by atoms with Crippen molar-refractivity contribution in [1.29, 1.82) is 0 Å². The van der Waals surface area contributed by atoms with Crippen molar-refractivity contribution in [2.24, 2.45) is 0 Å². The van der Waals surface area contributed by atoms with E-state index in [9.17, 15) is 0 Å². The van der Waals surface area contributed by atoms with Gasteiger partial charge in [-0.3, -0.25) is 0 Å². The van der Waals surface area contributed by atoms with Gasteiger partial charge in [-0.15, -0.1) is 5.10 Å². The average molecular weight is 171 g/mol. The molecule has 0 aliphatic heterocycles. The van der Waals surface area contributed by atoms with Gasteiger partial charge in [0, 0.05) is 13.6 Å². The van der Waals surface area contributed by atoms with Crippen molar-refractivity contribution in [2.75, 3.05) is 18.5 Å². The van der Waals surface area contributed by atoms with E-state index in [1.165, 1.54) is 24.4 Å². The Morgan fingerprint density at radius 3 is 3.00 bits per heavy atom. The molecule has 0 aromatic carbocycles. The Balaban J connectivity index is 2.36. The van der Waals surface area contributed by atoms with E-state index in [0.717, 1.165) is 12.4 Å². The molecule has 1 heterocycles. The van der Waals surface area contributed by atoms with Crippen LogP contribution >= 0.6 is 11.5 Å². The zero-order chi connectivity index (χ0) is 8.10. The molecular formula is C7H13N3S. The van der Waals surface area contributed by atoms with E-state index in [0.29, 0.717) is 0 Å². The maximum atomic E-state index is 3.96. The molecule has 0 N–H and O–H groups in total. The van der Waals surface area contributed by atoms with Gasteiger partial charge in [0.25, 0.3) is 0 Å². The van der Waals surface area contributed by atoms with E-state index < -0.39 is 0 Å². The van der Waals surface area contributed by atoms with E-state index in [1.54, 1.807) is 0 Å². The molecule has 0 saturated carbocycles. The highest BCUT2D eigenvalue weighted by molar-refractivity contribution is 7.03. The van der Waals surface area contributed by atoms with Crippen LogP contribution in [0.1, 0.15) is 19.8 Å². The second-order valence-corrected chi connectivity index (χ2v) is 3.15. The molecule has 0 spiro atoms. The molecule has 0 saturated heterocycles. The second kappa shape index (κ2) is 4.28. The van der Waals surface area contributed by atoms with Crippen LogP contribution in [0, 0.1) is 0 Å². The third kappa shape index (κ3) is 2.46. The topological polar surface area (TPSA) is 29.0 Å². The highest BCUT2D eigenvalue weighted by Crippen LogP contribution is 2.09. The van der Waals surface area contributed by atoms with Crippen molar-refractivity contribution in [3.63, 3.8) is 0 Å². The number of aromatic nitrogens is 2.